The molecule has 0 saturated heterocycles. The van der Waals surface area contributed by atoms with Gasteiger partial charge in [-0.3, -0.25) is 9.89 Å². The molecule has 7 heteroatoms. The fourth-order valence-electron chi connectivity index (χ4n) is 2.66. The van der Waals surface area contributed by atoms with Crippen molar-refractivity contribution in [3.05, 3.63) is 50.8 Å². The molecule has 2 aromatic rings. The van der Waals surface area contributed by atoms with Crippen LogP contribution in [0.4, 0.5) is 0 Å². The van der Waals surface area contributed by atoms with Crippen molar-refractivity contribution in [3.63, 3.8) is 0 Å². The summed E-state index contributed by atoms with van der Waals surface area (Å²) in [5.74, 6) is -0.288. The van der Waals surface area contributed by atoms with Crippen LogP contribution in [0.25, 0.3) is 0 Å². The van der Waals surface area contributed by atoms with Crippen molar-refractivity contribution in [1.82, 2.24) is 15.5 Å². The summed E-state index contributed by atoms with van der Waals surface area (Å²) in [7, 11) is 0. The van der Waals surface area contributed by atoms with Crippen LogP contribution in [0.15, 0.2) is 18.2 Å². The highest BCUT2D eigenvalue weighted by Crippen LogP contribution is 2.26. The SMILES string of the molecule is O=C(NCC(O)c1ccc(Cl)cc1Cl)c1n[nH]c2c1CCC2. The number of aromatic nitrogens is 2. The second-order valence-corrected chi connectivity index (χ2v) is 6.12. The van der Waals surface area contributed by atoms with Crippen LogP contribution in [-0.2, 0) is 12.8 Å². The molecule has 1 aromatic carbocycles. The monoisotopic (exact) mass is 339 g/mol. The van der Waals surface area contributed by atoms with E-state index < -0.39 is 6.10 Å². The Morgan fingerprint density at radius 2 is 2.23 bits per heavy atom. The van der Waals surface area contributed by atoms with Crippen molar-refractivity contribution < 1.29 is 9.90 Å². The van der Waals surface area contributed by atoms with Gasteiger partial charge in [0.25, 0.3) is 5.91 Å². The molecule has 0 saturated carbocycles. The minimum Gasteiger partial charge on any atom is -0.387 e. The molecule has 0 bridgehead atoms. The highest BCUT2D eigenvalue weighted by atomic mass is 35.5. The lowest BCUT2D eigenvalue weighted by Gasteiger charge is -2.13. The molecule has 0 fully saturated rings. The van der Waals surface area contributed by atoms with Gasteiger partial charge in [0.05, 0.1) is 6.10 Å². The van der Waals surface area contributed by atoms with Crippen LogP contribution in [-0.4, -0.2) is 27.8 Å². The van der Waals surface area contributed by atoms with Crippen LogP contribution in [0.1, 0.15) is 39.8 Å². The molecule has 0 spiro atoms. The second-order valence-electron chi connectivity index (χ2n) is 5.27. The van der Waals surface area contributed by atoms with E-state index in [1.165, 1.54) is 0 Å². The normalized spacial score (nSPS) is 14.7. The second kappa shape index (κ2) is 6.28. The number of nitrogens with one attached hydrogen (secondary N) is 2. The first kappa shape index (κ1) is 15.3. The number of aromatic amines is 1. The third-order valence-corrected chi connectivity index (χ3v) is 4.36. The Balaban J connectivity index is 1.65. The van der Waals surface area contributed by atoms with E-state index >= 15 is 0 Å². The van der Waals surface area contributed by atoms with Crippen LogP contribution in [0.5, 0.6) is 0 Å². The standard InChI is InChI=1S/C15H15Cl2N3O2/c16-8-4-5-9(11(17)6-8)13(21)7-18-15(22)14-10-2-1-3-12(10)19-20-14/h4-6,13,21H,1-3,7H2,(H,18,22)(H,19,20). The van der Waals surface area contributed by atoms with Gasteiger partial charge >= 0.3 is 0 Å². The Bertz CT molecular complexity index is 715. The lowest BCUT2D eigenvalue weighted by molar-refractivity contribution is 0.0910. The summed E-state index contributed by atoms with van der Waals surface area (Å²) < 4.78 is 0. The van der Waals surface area contributed by atoms with Gasteiger partial charge in [0, 0.05) is 33.4 Å². The maximum atomic E-state index is 12.2. The summed E-state index contributed by atoms with van der Waals surface area (Å²) in [6.45, 7) is 0.0574. The Morgan fingerprint density at radius 1 is 1.41 bits per heavy atom. The van der Waals surface area contributed by atoms with E-state index in [1.807, 2.05) is 0 Å². The number of hydrogen-bond donors (Lipinski definition) is 3. The minimum absolute atomic E-state index is 0.0574. The number of carbonyl (C=O) groups excluding carboxylic acids is 1. The number of H-pyrrole nitrogens is 1. The largest absolute Gasteiger partial charge is 0.387 e. The van der Waals surface area contributed by atoms with E-state index in [9.17, 15) is 9.90 Å². The number of nitrogens with zero attached hydrogens (tertiary/aromatic N) is 1. The summed E-state index contributed by atoms with van der Waals surface area (Å²) in [6.07, 6.45) is 1.92. The van der Waals surface area contributed by atoms with Crippen molar-refractivity contribution in [2.45, 2.75) is 25.4 Å². The van der Waals surface area contributed by atoms with Crippen molar-refractivity contribution in [2.24, 2.45) is 0 Å². The zero-order chi connectivity index (χ0) is 15.7. The number of benzene rings is 1. The topological polar surface area (TPSA) is 78.0 Å². The average molecular weight is 340 g/mol. The third-order valence-electron chi connectivity index (χ3n) is 3.80. The number of carbonyl (C=O) groups is 1. The van der Waals surface area contributed by atoms with Gasteiger partial charge in [0.15, 0.2) is 5.69 Å². The molecule has 3 rings (SSSR count). The Hall–Kier alpha value is -1.56. The van der Waals surface area contributed by atoms with Crippen LogP contribution in [0.2, 0.25) is 10.0 Å². The number of fused-ring (bicyclic) bond motifs is 1. The molecule has 1 aliphatic carbocycles. The van der Waals surface area contributed by atoms with Crippen LogP contribution < -0.4 is 5.32 Å². The van der Waals surface area contributed by atoms with E-state index in [4.69, 9.17) is 23.2 Å². The predicted molar refractivity (Wildman–Crippen MR) is 84.4 cm³/mol. The number of hydrogen-bond acceptors (Lipinski definition) is 3. The lowest BCUT2D eigenvalue weighted by atomic mass is 10.1. The van der Waals surface area contributed by atoms with Crippen molar-refractivity contribution in [1.29, 1.82) is 0 Å². The third kappa shape index (κ3) is 2.97. The Kier molecular flexibility index (Phi) is 4.38. The number of aliphatic hydroxyl groups excluding tert-OH is 1. The fourth-order valence-corrected chi connectivity index (χ4v) is 3.20. The number of amides is 1. The number of rotatable bonds is 4. The number of halogens is 2. The van der Waals surface area contributed by atoms with Gasteiger partial charge in [-0.2, -0.15) is 5.10 Å². The zero-order valence-electron chi connectivity index (χ0n) is 11.7. The summed E-state index contributed by atoms with van der Waals surface area (Å²) in [5.41, 5.74) is 2.96. The first-order valence-electron chi connectivity index (χ1n) is 7.03. The van der Waals surface area contributed by atoms with Gasteiger partial charge in [-0.25, -0.2) is 0 Å². The smallest absolute Gasteiger partial charge is 0.272 e. The minimum atomic E-state index is -0.902. The quantitative estimate of drug-likeness (QED) is 0.801. The van der Waals surface area contributed by atoms with Gasteiger partial charge in [-0.1, -0.05) is 29.3 Å². The molecule has 116 valence electrons. The first-order chi connectivity index (χ1) is 10.6. The number of aryl methyl sites for hydroxylation is 1. The van der Waals surface area contributed by atoms with Gasteiger partial charge < -0.3 is 10.4 Å². The van der Waals surface area contributed by atoms with Crippen molar-refractivity contribution in [2.75, 3.05) is 6.54 Å². The van der Waals surface area contributed by atoms with Crippen molar-refractivity contribution in [3.8, 4) is 0 Å². The van der Waals surface area contributed by atoms with Gasteiger partial charge in [0.2, 0.25) is 0 Å². The van der Waals surface area contributed by atoms with Gasteiger partial charge in [0.1, 0.15) is 0 Å². The number of aliphatic hydroxyl groups is 1. The molecule has 1 heterocycles. The molecule has 0 aliphatic heterocycles. The zero-order valence-corrected chi connectivity index (χ0v) is 13.2. The predicted octanol–water partition coefficient (Wildman–Crippen LogP) is 2.67. The lowest BCUT2D eigenvalue weighted by Crippen LogP contribution is -2.29. The molecule has 1 amide bonds. The van der Waals surface area contributed by atoms with E-state index in [1.54, 1.807) is 18.2 Å². The molecule has 5 nitrogen and oxygen atoms in total. The summed E-state index contributed by atoms with van der Waals surface area (Å²) >= 11 is 11.9. The molecule has 3 N–H and O–H groups in total. The molecule has 1 unspecified atom stereocenters. The highest BCUT2D eigenvalue weighted by molar-refractivity contribution is 6.35. The molecular weight excluding hydrogens is 325 g/mol. The molecule has 22 heavy (non-hydrogen) atoms. The average Bonchev–Trinajstić information content (AvgIpc) is 3.07. The summed E-state index contributed by atoms with van der Waals surface area (Å²) in [6, 6.07) is 4.85. The van der Waals surface area contributed by atoms with E-state index in [0.717, 1.165) is 30.5 Å². The molecule has 1 aromatic heterocycles. The maximum Gasteiger partial charge on any atom is 0.272 e. The molecule has 0 radical (unpaired) electrons. The molecule has 1 atom stereocenters. The molecular formula is C15H15Cl2N3O2. The van der Waals surface area contributed by atoms with Crippen molar-refractivity contribution >= 4 is 29.1 Å². The van der Waals surface area contributed by atoms with E-state index in [2.05, 4.69) is 15.5 Å². The van der Waals surface area contributed by atoms with Gasteiger partial charge in [-0.05, 0) is 31.4 Å². The first-order valence-corrected chi connectivity index (χ1v) is 7.79. The van der Waals surface area contributed by atoms with E-state index in [0.29, 0.717) is 21.3 Å². The van der Waals surface area contributed by atoms with E-state index in [-0.39, 0.29) is 12.5 Å². The summed E-state index contributed by atoms with van der Waals surface area (Å²) in [5, 5.41) is 20.7. The highest BCUT2D eigenvalue weighted by Gasteiger charge is 2.23. The van der Waals surface area contributed by atoms with Crippen LogP contribution in [0.3, 0.4) is 0 Å². The Morgan fingerprint density at radius 3 is 3.00 bits per heavy atom. The van der Waals surface area contributed by atoms with Gasteiger partial charge in [-0.15, -0.1) is 0 Å². The van der Waals surface area contributed by atoms with Crippen LogP contribution in [0, 0.1) is 0 Å². The fraction of sp³-hybridized carbons (Fsp3) is 0.333. The summed E-state index contributed by atoms with van der Waals surface area (Å²) in [4.78, 5) is 12.2. The molecule has 1 aliphatic rings. The maximum absolute atomic E-state index is 12.2. The Labute approximate surface area is 137 Å². The van der Waals surface area contributed by atoms with Crippen LogP contribution >= 0.6 is 23.2 Å².